The standard InChI is InChI=1S/C14H23N5O5/c1-4-5-19(3)12(21)11-10(17-7(2)20)8(18-14(15)16)6-9(24-11)13(22)23/h6,8,10-11H,4-5H2,1-3H3,(H,17,20)(H,22,23)(H4,15,16,18)/t8-,10+,11-/m0/s1. The molecule has 0 unspecified atom stereocenters. The maximum Gasteiger partial charge on any atom is 0.370 e. The molecule has 0 saturated carbocycles. The molecule has 0 aromatic rings. The molecule has 0 aromatic carbocycles. The number of nitrogens with zero attached hydrogens (tertiary/aromatic N) is 2. The van der Waals surface area contributed by atoms with Gasteiger partial charge in [-0.3, -0.25) is 9.59 Å². The number of nitrogens with one attached hydrogen (secondary N) is 1. The Morgan fingerprint density at radius 1 is 1.42 bits per heavy atom. The van der Waals surface area contributed by atoms with E-state index in [9.17, 15) is 19.5 Å². The van der Waals surface area contributed by atoms with Gasteiger partial charge in [0.25, 0.3) is 5.91 Å². The van der Waals surface area contributed by atoms with Gasteiger partial charge in [-0.05, 0) is 12.5 Å². The first-order chi connectivity index (χ1) is 11.2. The fraction of sp³-hybridized carbons (Fsp3) is 0.571. The number of hydrogen-bond acceptors (Lipinski definition) is 5. The summed E-state index contributed by atoms with van der Waals surface area (Å²) in [6.07, 6.45) is 0.611. The lowest BCUT2D eigenvalue weighted by Gasteiger charge is -2.36. The molecular weight excluding hydrogens is 318 g/mol. The summed E-state index contributed by atoms with van der Waals surface area (Å²) in [7, 11) is 1.56. The van der Waals surface area contributed by atoms with Gasteiger partial charge in [0.15, 0.2) is 12.1 Å². The average molecular weight is 341 g/mol. The molecule has 24 heavy (non-hydrogen) atoms. The van der Waals surface area contributed by atoms with Crippen LogP contribution in [0.15, 0.2) is 16.8 Å². The van der Waals surface area contributed by atoms with Crippen LogP contribution in [0.5, 0.6) is 0 Å². The highest BCUT2D eigenvalue weighted by Gasteiger charge is 2.42. The van der Waals surface area contributed by atoms with E-state index in [2.05, 4.69) is 10.3 Å². The highest BCUT2D eigenvalue weighted by molar-refractivity contribution is 5.89. The number of carboxylic acid groups (broad SMARTS) is 1. The van der Waals surface area contributed by atoms with Gasteiger partial charge in [0.2, 0.25) is 11.7 Å². The van der Waals surface area contributed by atoms with Crippen molar-refractivity contribution in [3.63, 3.8) is 0 Å². The Morgan fingerprint density at radius 2 is 2.04 bits per heavy atom. The number of aliphatic carboxylic acids is 1. The lowest BCUT2D eigenvalue weighted by molar-refractivity contribution is -0.148. The zero-order valence-electron chi connectivity index (χ0n) is 13.9. The maximum atomic E-state index is 12.6. The third-order valence-electron chi connectivity index (χ3n) is 3.33. The number of carboxylic acids is 1. The normalized spacial score (nSPS) is 22.6. The molecule has 1 aliphatic heterocycles. The second-order valence-corrected chi connectivity index (χ2v) is 5.41. The smallest absolute Gasteiger partial charge is 0.370 e. The topological polar surface area (TPSA) is 160 Å². The fourth-order valence-electron chi connectivity index (χ4n) is 2.36. The number of carbonyl (C=O) groups is 3. The van der Waals surface area contributed by atoms with Crippen LogP contribution in [-0.4, -0.2) is 65.5 Å². The molecule has 0 fully saturated rings. The number of hydrogen-bond donors (Lipinski definition) is 4. The predicted octanol–water partition coefficient (Wildman–Crippen LogP) is -1.63. The van der Waals surface area contributed by atoms with Gasteiger partial charge in [-0.15, -0.1) is 0 Å². The first-order valence-corrected chi connectivity index (χ1v) is 7.40. The van der Waals surface area contributed by atoms with Gasteiger partial charge in [0.05, 0.1) is 0 Å². The summed E-state index contributed by atoms with van der Waals surface area (Å²) in [5.41, 5.74) is 10.7. The van der Waals surface area contributed by atoms with Crippen molar-refractivity contribution in [1.82, 2.24) is 10.2 Å². The van der Waals surface area contributed by atoms with E-state index in [-0.39, 0.29) is 5.96 Å². The molecule has 134 valence electrons. The number of aliphatic imine (C=N–C) groups is 1. The molecule has 1 heterocycles. The van der Waals surface area contributed by atoms with Crippen molar-refractivity contribution in [3.05, 3.63) is 11.8 Å². The minimum atomic E-state index is -1.36. The van der Waals surface area contributed by atoms with Gasteiger partial charge in [-0.1, -0.05) is 6.92 Å². The van der Waals surface area contributed by atoms with Crippen LogP contribution >= 0.6 is 0 Å². The minimum absolute atomic E-state index is 0.300. The van der Waals surface area contributed by atoms with Crippen molar-refractivity contribution >= 4 is 23.7 Å². The molecule has 1 aliphatic rings. The third kappa shape index (κ3) is 4.86. The van der Waals surface area contributed by atoms with Gasteiger partial charge < -0.3 is 31.5 Å². The van der Waals surface area contributed by atoms with E-state index < -0.39 is 41.7 Å². The SMILES string of the molecule is CCCN(C)C(=O)[C@H]1OC(C(=O)O)=C[C@H](N=C(N)N)[C@H]1NC(C)=O. The Morgan fingerprint density at radius 3 is 2.50 bits per heavy atom. The summed E-state index contributed by atoms with van der Waals surface area (Å²) in [5, 5.41) is 11.7. The summed E-state index contributed by atoms with van der Waals surface area (Å²) in [4.78, 5) is 40.7. The zero-order chi connectivity index (χ0) is 18.4. The summed E-state index contributed by atoms with van der Waals surface area (Å²) >= 11 is 0. The number of carbonyl (C=O) groups excluding carboxylic acids is 2. The molecule has 1 rings (SSSR count). The Bertz CT molecular complexity index is 570. The monoisotopic (exact) mass is 341 g/mol. The van der Waals surface area contributed by atoms with Crippen LogP contribution in [0.3, 0.4) is 0 Å². The molecule has 2 amide bonds. The molecular formula is C14H23N5O5. The van der Waals surface area contributed by atoms with Crippen LogP contribution in [0.4, 0.5) is 0 Å². The molecule has 0 saturated heterocycles. The Labute approximate surface area is 139 Å². The quantitative estimate of drug-likeness (QED) is 0.333. The Hall–Kier alpha value is -2.78. The number of nitrogens with two attached hydrogens (primary N) is 2. The number of guanidine groups is 1. The second kappa shape index (κ2) is 8.18. The van der Waals surface area contributed by atoms with Crippen molar-refractivity contribution in [1.29, 1.82) is 0 Å². The maximum absolute atomic E-state index is 12.6. The minimum Gasteiger partial charge on any atom is -0.475 e. The average Bonchev–Trinajstić information content (AvgIpc) is 2.47. The van der Waals surface area contributed by atoms with Crippen LogP contribution in [-0.2, 0) is 19.1 Å². The van der Waals surface area contributed by atoms with Gasteiger partial charge in [-0.2, -0.15) is 0 Å². The van der Waals surface area contributed by atoms with Crippen LogP contribution in [0.2, 0.25) is 0 Å². The molecule has 3 atom stereocenters. The summed E-state index contributed by atoms with van der Waals surface area (Å²) < 4.78 is 5.31. The van der Waals surface area contributed by atoms with E-state index >= 15 is 0 Å². The lowest BCUT2D eigenvalue weighted by Crippen LogP contribution is -2.58. The van der Waals surface area contributed by atoms with Crippen LogP contribution < -0.4 is 16.8 Å². The van der Waals surface area contributed by atoms with Gasteiger partial charge in [-0.25, -0.2) is 9.79 Å². The number of ether oxygens (including phenoxy) is 1. The van der Waals surface area contributed by atoms with Crippen LogP contribution in [0, 0.1) is 0 Å². The van der Waals surface area contributed by atoms with Crippen molar-refractivity contribution in [3.8, 4) is 0 Å². The molecule has 0 aliphatic carbocycles. The van der Waals surface area contributed by atoms with Crippen molar-refractivity contribution in [2.24, 2.45) is 16.5 Å². The van der Waals surface area contributed by atoms with E-state index in [4.69, 9.17) is 16.2 Å². The molecule has 0 aromatic heterocycles. The van der Waals surface area contributed by atoms with E-state index in [1.165, 1.54) is 11.8 Å². The first kappa shape index (κ1) is 19.3. The largest absolute Gasteiger partial charge is 0.475 e. The van der Waals surface area contributed by atoms with E-state index in [0.29, 0.717) is 13.0 Å². The third-order valence-corrected chi connectivity index (χ3v) is 3.33. The first-order valence-electron chi connectivity index (χ1n) is 7.40. The highest BCUT2D eigenvalue weighted by atomic mass is 16.5. The number of rotatable bonds is 6. The van der Waals surface area contributed by atoms with Crippen LogP contribution in [0.25, 0.3) is 0 Å². The molecule has 0 radical (unpaired) electrons. The second-order valence-electron chi connectivity index (χ2n) is 5.41. The summed E-state index contributed by atoms with van der Waals surface area (Å²) in [6.45, 7) is 3.60. The van der Waals surface area contributed by atoms with Crippen molar-refractivity contribution < 1.29 is 24.2 Å². The zero-order valence-corrected chi connectivity index (χ0v) is 13.9. The van der Waals surface area contributed by atoms with Gasteiger partial charge >= 0.3 is 5.97 Å². The van der Waals surface area contributed by atoms with E-state index in [1.807, 2.05) is 6.92 Å². The molecule has 0 bridgehead atoms. The fourth-order valence-corrected chi connectivity index (χ4v) is 2.36. The van der Waals surface area contributed by atoms with E-state index in [1.54, 1.807) is 7.05 Å². The van der Waals surface area contributed by atoms with Crippen molar-refractivity contribution in [2.45, 2.75) is 38.5 Å². The van der Waals surface area contributed by atoms with Gasteiger partial charge in [0.1, 0.15) is 12.1 Å². The molecule has 10 nitrogen and oxygen atoms in total. The molecule has 0 spiro atoms. The number of amides is 2. The highest BCUT2D eigenvalue weighted by Crippen LogP contribution is 2.22. The number of likely N-dealkylation sites (N-methyl/N-ethyl adjacent to an activating group) is 1. The Kier molecular flexibility index (Phi) is 6.57. The summed E-state index contributed by atoms with van der Waals surface area (Å²) in [6, 6.07) is -1.87. The molecule has 10 heteroatoms. The summed E-state index contributed by atoms with van der Waals surface area (Å²) in [5.74, 6) is -3.01. The van der Waals surface area contributed by atoms with Gasteiger partial charge in [0, 0.05) is 20.5 Å². The Balaban J connectivity index is 3.28. The predicted molar refractivity (Wildman–Crippen MR) is 85.7 cm³/mol. The van der Waals surface area contributed by atoms with Crippen LogP contribution in [0.1, 0.15) is 20.3 Å². The van der Waals surface area contributed by atoms with E-state index in [0.717, 1.165) is 6.08 Å². The lowest BCUT2D eigenvalue weighted by atomic mass is 9.97. The van der Waals surface area contributed by atoms with Crippen molar-refractivity contribution in [2.75, 3.05) is 13.6 Å². The molecule has 6 N–H and O–H groups in total.